The summed E-state index contributed by atoms with van der Waals surface area (Å²) < 4.78 is 7.19. The van der Waals surface area contributed by atoms with Crippen molar-refractivity contribution in [2.75, 3.05) is 19.7 Å². The highest BCUT2D eigenvalue weighted by Crippen LogP contribution is 2.34. The van der Waals surface area contributed by atoms with Crippen molar-refractivity contribution in [3.05, 3.63) is 65.3 Å². The molecule has 1 aromatic heterocycles. The van der Waals surface area contributed by atoms with E-state index in [4.69, 9.17) is 16.3 Å². The third kappa shape index (κ3) is 4.58. The van der Waals surface area contributed by atoms with Crippen molar-refractivity contribution >= 4 is 40.5 Å². The first-order valence-electron chi connectivity index (χ1n) is 11.0. The quantitative estimate of drug-likeness (QED) is 0.391. The number of hydrogen-bond acceptors (Lipinski definition) is 3. The lowest BCUT2D eigenvalue weighted by Crippen LogP contribution is -2.39. The number of fused-ring (bicyclic) bond motifs is 1. The number of carbonyl (C=O) groups excluding carboxylic acids is 2. The average Bonchev–Trinajstić information content (AvgIpc) is 3.17. The largest absolute Gasteiger partial charge is 0.466 e. The van der Waals surface area contributed by atoms with Crippen LogP contribution in [0.1, 0.15) is 25.3 Å². The molecular weight excluding hydrogens is 424 g/mol. The molecule has 0 radical (unpaired) electrons. The number of ether oxygens (including phenoxy) is 1. The summed E-state index contributed by atoms with van der Waals surface area (Å²) in [5.74, 6) is -0.332. The van der Waals surface area contributed by atoms with Crippen LogP contribution in [0.2, 0.25) is 5.02 Å². The predicted octanol–water partition coefficient (Wildman–Crippen LogP) is 5.31. The molecule has 4 rings (SSSR count). The van der Waals surface area contributed by atoms with Crippen LogP contribution in [-0.2, 0) is 21.4 Å². The zero-order valence-corrected chi connectivity index (χ0v) is 19.1. The van der Waals surface area contributed by atoms with Crippen LogP contribution >= 0.6 is 11.6 Å². The number of amides is 1. The molecule has 1 saturated heterocycles. The Balaban J connectivity index is 1.51. The number of likely N-dealkylation sites (tertiary alicyclic amines) is 1. The molecule has 5 nitrogen and oxygen atoms in total. The molecule has 1 amide bonds. The minimum absolute atomic E-state index is 0.0586. The molecule has 0 aliphatic carbocycles. The van der Waals surface area contributed by atoms with Gasteiger partial charge in [-0.2, -0.15) is 0 Å². The van der Waals surface area contributed by atoms with E-state index in [0.717, 1.165) is 27.6 Å². The maximum atomic E-state index is 12.8. The van der Waals surface area contributed by atoms with E-state index in [1.807, 2.05) is 44.4 Å². The number of aryl methyl sites for hydroxylation is 1. The standard InChI is InChI=1S/C26H27ClN2O3/c1-3-32-26(31)19-12-15-29(16-13-19)24(30)10-8-18-5-4-6-22(27)25(18)21-7-9-23-20(17-21)11-14-28(23)2/h4-11,14,17,19H,3,12-13,15-16H2,1-2H3/b10-8+. The highest BCUT2D eigenvalue weighted by Gasteiger charge is 2.27. The van der Waals surface area contributed by atoms with Gasteiger partial charge in [-0.1, -0.05) is 29.8 Å². The van der Waals surface area contributed by atoms with Crippen molar-refractivity contribution in [1.82, 2.24) is 9.47 Å². The van der Waals surface area contributed by atoms with Crippen LogP contribution < -0.4 is 0 Å². The first kappa shape index (κ1) is 22.2. The van der Waals surface area contributed by atoms with Gasteiger partial charge in [-0.15, -0.1) is 0 Å². The van der Waals surface area contributed by atoms with Crippen molar-refractivity contribution in [2.24, 2.45) is 13.0 Å². The summed E-state index contributed by atoms with van der Waals surface area (Å²) in [5, 5.41) is 1.78. The summed E-state index contributed by atoms with van der Waals surface area (Å²) in [4.78, 5) is 26.5. The van der Waals surface area contributed by atoms with Crippen LogP contribution in [0.5, 0.6) is 0 Å². The van der Waals surface area contributed by atoms with E-state index in [0.29, 0.717) is 37.6 Å². The molecule has 0 unspecified atom stereocenters. The van der Waals surface area contributed by atoms with Crippen LogP contribution in [0.3, 0.4) is 0 Å². The number of aromatic nitrogens is 1. The third-order valence-electron chi connectivity index (χ3n) is 6.05. The van der Waals surface area contributed by atoms with Crippen LogP contribution in [-0.4, -0.2) is 41.0 Å². The van der Waals surface area contributed by atoms with E-state index >= 15 is 0 Å². The van der Waals surface area contributed by atoms with E-state index in [2.05, 4.69) is 28.8 Å². The van der Waals surface area contributed by atoms with Crippen LogP contribution in [0.15, 0.2) is 54.7 Å². The lowest BCUT2D eigenvalue weighted by atomic mass is 9.96. The minimum atomic E-state index is -0.158. The molecule has 1 aliphatic heterocycles. The summed E-state index contributed by atoms with van der Waals surface area (Å²) in [6, 6.07) is 14.1. The smallest absolute Gasteiger partial charge is 0.309 e. The van der Waals surface area contributed by atoms with Gasteiger partial charge in [-0.05, 0) is 61.2 Å². The summed E-state index contributed by atoms with van der Waals surface area (Å²) in [6.07, 6.45) is 6.73. The fourth-order valence-electron chi connectivity index (χ4n) is 4.28. The molecule has 0 N–H and O–H groups in total. The Morgan fingerprint density at radius 3 is 2.69 bits per heavy atom. The number of benzene rings is 2. The Bertz CT molecular complexity index is 1170. The molecule has 166 valence electrons. The van der Waals surface area contributed by atoms with Gasteiger partial charge in [-0.3, -0.25) is 9.59 Å². The van der Waals surface area contributed by atoms with Gasteiger partial charge in [0.2, 0.25) is 5.91 Å². The molecule has 0 spiro atoms. The summed E-state index contributed by atoms with van der Waals surface area (Å²) >= 11 is 6.58. The monoisotopic (exact) mass is 450 g/mol. The number of carbonyl (C=O) groups is 2. The SMILES string of the molecule is CCOC(=O)C1CCN(C(=O)/C=C/c2cccc(Cl)c2-c2ccc3c(ccn3C)c2)CC1. The predicted molar refractivity (Wildman–Crippen MR) is 128 cm³/mol. The lowest BCUT2D eigenvalue weighted by Gasteiger charge is -2.30. The van der Waals surface area contributed by atoms with Crippen molar-refractivity contribution < 1.29 is 14.3 Å². The number of rotatable bonds is 5. The minimum Gasteiger partial charge on any atom is -0.466 e. The number of hydrogen-bond donors (Lipinski definition) is 0. The number of piperidine rings is 1. The lowest BCUT2D eigenvalue weighted by molar-refractivity contribution is -0.150. The van der Waals surface area contributed by atoms with E-state index in [9.17, 15) is 9.59 Å². The second-order valence-electron chi connectivity index (χ2n) is 8.09. The van der Waals surface area contributed by atoms with Crippen LogP contribution in [0.25, 0.3) is 28.1 Å². The summed E-state index contributed by atoms with van der Waals surface area (Å²) in [7, 11) is 2.02. The molecule has 1 fully saturated rings. The Morgan fingerprint density at radius 2 is 1.94 bits per heavy atom. The van der Waals surface area contributed by atoms with Gasteiger partial charge >= 0.3 is 5.97 Å². The van der Waals surface area contributed by atoms with Crippen molar-refractivity contribution in [3.8, 4) is 11.1 Å². The molecule has 2 aromatic carbocycles. The van der Waals surface area contributed by atoms with Gasteiger partial charge in [0.25, 0.3) is 0 Å². The van der Waals surface area contributed by atoms with Crippen LogP contribution in [0, 0.1) is 5.92 Å². The second kappa shape index (κ2) is 9.61. The van der Waals surface area contributed by atoms with Gasteiger partial charge in [0.1, 0.15) is 0 Å². The fourth-order valence-corrected chi connectivity index (χ4v) is 4.57. The molecule has 0 saturated carbocycles. The third-order valence-corrected chi connectivity index (χ3v) is 6.37. The Morgan fingerprint density at radius 1 is 1.16 bits per heavy atom. The first-order valence-corrected chi connectivity index (χ1v) is 11.3. The van der Waals surface area contributed by atoms with Gasteiger partial charge in [0, 0.05) is 53.9 Å². The number of esters is 1. The zero-order valence-electron chi connectivity index (χ0n) is 18.4. The fraction of sp³-hybridized carbons (Fsp3) is 0.308. The Hall–Kier alpha value is -3.05. The Kier molecular flexibility index (Phi) is 6.66. The van der Waals surface area contributed by atoms with Crippen LogP contribution in [0.4, 0.5) is 0 Å². The van der Waals surface area contributed by atoms with E-state index in [1.165, 1.54) is 0 Å². The molecule has 32 heavy (non-hydrogen) atoms. The normalized spacial score (nSPS) is 14.9. The van der Waals surface area contributed by atoms with Gasteiger partial charge in [-0.25, -0.2) is 0 Å². The highest BCUT2D eigenvalue weighted by atomic mass is 35.5. The molecule has 2 heterocycles. The maximum Gasteiger partial charge on any atom is 0.309 e. The highest BCUT2D eigenvalue weighted by molar-refractivity contribution is 6.33. The molecule has 3 aromatic rings. The zero-order chi connectivity index (χ0) is 22.7. The molecular formula is C26H27ClN2O3. The second-order valence-corrected chi connectivity index (χ2v) is 8.50. The average molecular weight is 451 g/mol. The summed E-state index contributed by atoms with van der Waals surface area (Å²) in [5.41, 5.74) is 3.96. The van der Waals surface area contributed by atoms with E-state index in [1.54, 1.807) is 11.0 Å². The van der Waals surface area contributed by atoms with E-state index in [-0.39, 0.29) is 17.8 Å². The van der Waals surface area contributed by atoms with E-state index < -0.39 is 0 Å². The Labute approximate surface area is 193 Å². The number of nitrogens with zero attached hydrogens (tertiary/aromatic N) is 2. The van der Waals surface area contributed by atoms with Gasteiger partial charge < -0.3 is 14.2 Å². The maximum absolute atomic E-state index is 12.8. The summed E-state index contributed by atoms with van der Waals surface area (Å²) in [6.45, 7) is 3.31. The first-order chi connectivity index (χ1) is 15.5. The number of halogens is 1. The molecule has 1 aliphatic rings. The van der Waals surface area contributed by atoms with Crippen molar-refractivity contribution in [1.29, 1.82) is 0 Å². The van der Waals surface area contributed by atoms with Crippen molar-refractivity contribution in [2.45, 2.75) is 19.8 Å². The molecule has 0 atom stereocenters. The van der Waals surface area contributed by atoms with Crippen molar-refractivity contribution in [3.63, 3.8) is 0 Å². The topological polar surface area (TPSA) is 51.5 Å². The molecule has 6 heteroatoms. The van der Waals surface area contributed by atoms with Gasteiger partial charge in [0.05, 0.1) is 12.5 Å². The van der Waals surface area contributed by atoms with Gasteiger partial charge in [0.15, 0.2) is 0 Å². The molecule has 0 bridgehead atoms.